The number of amides is 1. The lowest BCUT2D eigenvalue weighted by atomic mass is 9.89. The molecule has 20 heavy (non-hydrogen) atoms. The van der Waals surface area contributed by atoms with Gasteiger partial charge in [0.15, 0.2) is 0 Å². The second kappa shape index (κ2) is 6.05. The molecule has 0 radical (unpaired) electrons. The largest absolute Gasteiger partial charge is 0.343 e. The van der Waals surface area contributed by atoms with E-state index >= 15 is 0 Å². The molecule has 2 atom stereocenters. The van der Waals surface area contributed by atoms with E-state index in [0.29, 0.717) is 23.9 Å². The lowest BCUT2D eigenvalue weighted by molar-refractivity contribution is -0.137. The number of carbonyl (C=O) groups is 1. The Balaban J connectivity index is 1.43. The highest BCUT2D eigenvalue weighted by molar-refractivity contribution is 5.79. The monoisotopic (exact) mass is 278 g/mol. The zero-order valence-electron chi connectivity index (χ0n) is 13.1. The van der Waals surface area contributed by atoms with Crippen LogP contribution in [0.3, 0.4) is 0 Å². The van der Waals surface area contributed by atoms with Gasteiger partial charge < -0.3 is 10.2 Å². The Hall–Kier alpha value is -0.570. The standard InChI is InChI=1S/C17H30N2O/c1-3-8-18-15-4-6-16(7-5-15)19(2)17(20)14-10-12-9-13(12)11-14/h12-16,18H,3-11H2,1-2H3. The molecule has 2 unspecified atom stereocenters. The Kier molecular flexibility index (Phi) is 4.34. The van der Waals surface area contributed by atoms with Gasteiger partial charge in [-0.3, -0.25) is 4.79 Å². The van der Waals surface area contributed by atoms with Gasteiger partial charge >= 0.3 is 0 Å². The molecule has 0 aromatic rings. The third-order valence-electron chi connectivity index (χ3n) is 5.87. The minimum atomic E-state index is 0.361. The first-order valence-corrected chi connectivity index (χ1v) is 8.69. The quantitative estimate of drug-likeness (QED) is 0.838. The summed E-state index contributed by atoms with van der Waals surface area (Å²) in [6.45, 7) is 3.35. The number of nitrogens with zero attached hydrogens (tertiary/aromatic N) is 1. The van der Waals surface area contributed by atoms with Crippen LogP contribution in [0.25, 0.3) is 0 Å². The summed E-state index contributed by atoms with van der Waals surface area (Å²) in [5.41, 5.74) is 0. The van der Waals surface area contributed by atoms with Gasteiger partial charge in [0.05, 0.1) is 0 Å². The molecule has 3 heteroatoms. The number of carbonyl (C=O) groups excluding carboxylic acids is 1. The van der Waals surface area contributed by atoms with Crippen molar-refractivity contribution >= 4 is 5.91 Å². The molecule has 3 rings (SSSR count). The van der Waals surface area contributed by atoms with E-state index in [9.17, 15) is 4.79 Å². The van der Waals surface area contributed by atoms with Crippen molar-refractivity contribution < 1.29 is 4.79 Å². The van der Waals surface area contributed by atoms with Gasteiger partial charge in [0.1, 0.15) is 0 Å². The second-order valence-corrected chi connectivity index (χ2v) is 7.33. The maximum absolute atomic E-state index is 12.6. The van der Waals surface area contributed by atoms with Gasteiger partial charge in [-0.15, -0.1) is 0 Å². The Morgan fingerprint density at radius 3 is 2.35 bits per heavy atom. The Bertz CT molecular complexity index is 339. The third-order valence-corrected chi connectivity index (χ3v) is 5.87. The topological polar surface area (TPSA) is 32.3 Å². The predicted molar refractivity (Wildman–Crippen MR) is 81.4 cm³/mol. The zero-order valence-corrected chi connectivity index (χ0v) is 13.1. The maximum atomic E-state index is 12.6. The highest BCUT2D eigenvalue weighted by Crippen LogP contribution is 2.54. The number of rotatable bonds is 5. The van der Waals surface area contributed by atoms with Gasteiger partial charge in [0, 0.05) is 25.0 Å². The van der Waals surface area contributed by atoms with Crippen LogP contribution in [0.4, 0.5) is 0 Å². The van der Waals surface area contributed by atoms with Crippen LogP contribution in [0.2, 0.25) is 0 Å². The SMILES string of the molecule is CCCNC1CCC(N(C)C(=O)C2CC3CC3C2)CC1. The average molecular weight is 278 g/mol. The number of nitrogens with one attached hydrogen (secondary N) is 1. The van der Waals surface area contributed by atoms with Crippen LogP contribution in [0.1, 0.15) is 58.3 Å². The van der Waals surface area contributed by atoms with Crippen molar-refractivity contribution in [3.63, 3.8) is 0 Å². The molecule has 3 saturated carbocycles. The Labute approximate surface area is 123 Å². The van der Waals surface area contributed by atoms with Crippen molar-refractivity contribution in [1.29, 1.82) is 0 Å². The molecule has 3 aliphatic carbocycles. The van der Waals surface area contributed by atoms with Gasteiger partial charge in [-0.1, -0.05) is 6.92 Å². The highest BCUT2D eigenvalue weighted by Gasteiger charge is 2.48. The molecular formula is C17H30N2O. The summed E-state index contributed by atoms with van der Waals surface area (Å²) in [7, 11) is 2.05. The molecule has 3 nitrogen and oxygen atoms in total. The molecule has 0 aromatic carbocycles. The van der Waals surface area contributed by atoms with Crippen LogP contribution in [0.15, 0.2) is 0 Å². The molecule has 3 fully saturated rings. The Morgan fingerprint density at radius 2 is 1.75 bits per heavy atom. The molecule has 114 valence electrons. The van der Waals surface area contributed by atoms with Crippen molar-refractivity contribution in [3.05, 3.63) is 0 Å². The third kappa shape index (κ3) is 3.03. The molecular weight excluding hydrogens is 248 g/mol. The van der Waals surface area contributed by atoms with Crippen molar-refractivity contribution in [1.82, 2.24) is 10.2 Å². The summed E-state index contributed by atoms with van der Waals surface area (Å²) in [5.74, 6) is 2.62. The zero-order chi connectivity index (χ0) is 14.1. The van der Waals surface area contributed by atoms with E-state index in [0.717, 1.165) is 18.4 Å². The first kappa shape index (κ1) is 14.4. The van der Waals surface area contributed by atoms with Crippen molar-refractivity contribution in [2.75, 3.05) is 13.6 Å². The summed E-state index contributed by atoms with van der Waals surface area (Å²) in [6, 6.07) is 1.19. The Morgan fingerprint density at radius 1 is 1.10 bits per heavy atom. The number of hydrogen-bond acceptors (Lipinski definition) is 2. The van der Waals surface area contributed by atoms with Gasteiger partial charge in [-0.2, -0.15) is 0 Å². The minimum absolute atomic E-state index is 0.361. The summed E-state index contributed by atoms with van der Waals surface area (Å²) < 4.78 is 0. The second-order valence-electron chi connectivity index (χ2n) is 7.33. The summed E-state index contributed by atoms with van der Waals surface area (Å²) in [5, 5.41) is 3.62. The minimum Gasteiger partial charge on any atom is -0.343 e. The molecule has 0 bridgehead atoms. The predicted octanol–water partition coefficient (Wildman–Crippen LogP) is 2.80. The van der Waals surface area contributed by atoms with Crippen LogP contribution in [0.5, 0.6) is 0 Å². The lowest BCUT2D eigenvalue weighted by Crippen LogP contribution is -2.45. The van der Waals surface area contributed by atoms with Crippen LogP contribution in [-0.4, -0.2) is 36.5 Å². The fraction of sp³-hybridized carbons (Fsp3) is 0.941. The van der Waals surface area contributed by atoms with Gasteiger partial charge in [0.2, 0.25) is 5.91 Å². The fourth-order valence-electron chi connectivity index (χ4n) is 4.40. The molecule has 1 N–H and O–H groups in total. The molecule has 0 aromatic heterocycles. The first-order chi connectivity index (χ1) is 9.69. The summed E-state index contributed by atoms with van der Waals surface area (Å²) in [6.07, 6.45) is 9.81. The van der Waals surface area contributed by atoms with Crippen LogP contribution in [-0.2, 0) is 4.79 Å². The number of hydrogen-bond donors (Lipinski definition) is 1. The lowest BCUT2D eigenvalue weighted by Gasteiger charge is -2.36. The highest BCUT2D eigenvalue weighted by atomic mass is 16.2. The molecule has 3 aliphatic rings. The van der Waals surface area contributed by atoms with E-state index in [1.165, 1.54) is 51.4 Å². The average Bonchev–Trinajstić information content (AvgIpc) is 3.10. The van der Waals surface area contributed by atoms with Crippen LogP contribution >= 0.6 is 0 Å². The molecule has 0 saturated heterocycles. The maximum Gasteiger partial charge on any atom is 0.225 e. The van der Waals surface area contributed by atoms with E-state index in [4.69, 9.17) is 0 Å². The molecule has 0 aliphatic heterocycles. The first-order valence-electron chi connectivity index (χ1n) is 8.69. The smallest absolute Gasteiger partial charge is 0.225 e. The van der Waals surface area contributed by atoms with E-state index in [1.54, 1.807) is 0 Å². The van der Waals surface area contributed by atoms with E-state index in [-0.39, 0.29) is 0 Å². The van der Waals surface area contributed by atoms with Gasteiger partial charge in [-0.05, 0) is 69.7 Å². The van der Waals surface area contributed by atoms with E-state index < -0.39 is 0 Å². The van der Waals surface area contributed by atoms with Crippen molar-refractivity contribution in [2.45, 2.75) is 70.4 Å². The normalized spacial score (nSPS) is 39.4. The molecule has 1 amide bonds. The van der Waals surface area contributed by atoms with Gasteiger partial charge in [-0.25, -0.2) is 0 Å². The van der Waals surface area contributed by atoms with E-state index in [2.05, 4.69) is 24.2 Å². The van der Waals surface area contributed by atoms with Gasteiger partial charge in [0.25, 0.3) is 0 Å². The number of fused-ring (bicyclic) bond motifs is 1. The summed E-state index contributed by atoms with van der Waals surface area (Å²) >= 11 is 0. The van der Waals surface area contributed by atoms with Crippen molar-refractivity contribution in [2.24, 2.45) is 17.8 Å². The fourth-order valence-corrected chi connectivity index (χ4v) is 4.40. The molecule has 0 heterocycles. The van der Waals surface area contributed by atoms with Crippen LogP contribution in [0, 0.1) is 17.8 Å². The molecule has 0 spiro atoms. The van der Waals surface area contributed by atoms with Crippen LogP contribution < -0.4 is 5.32 Å². The van der Waals surface area contributed by atoms with E-state index in [1.807, 2.05) is 0 Å². The summed E-state index contributed by atoms with van der Waals surface area (Å²) in [4.78, 5) is 14.7. The van der Waals surface area contributed by atoms with Crippen molar-refractivity contribution in [3.8, 4) is 0 Å².